The number of nitrogens with zero attached hydrogens (tertiary/aromatic N) is 1. The van der Waals surface area contributed by atoms with Gasteiger partial charge in [0.05, 0.1) is 10.9 Å². The molecular weight excluding hydrogens is 414 g/mol. The van der Waals surface area contributed by atoms with Gasteiger partial charge in [0.15, 0.2) is 0 Å². The summed E-state index contributed by atoms with van der Waals surface area (Å²) in [5, 5.41) is 4.17. The molecule has 1 aliphatic rings. The predicted molar refractivity (Wildman–Crippen MR) is 111 cm³/mol. The van der Waals surface area contributed by atoms with Crippen LogP contribution in [0.4, 0.5) is 0 Å². The summed E-state index contributed by atoms with van der Waals surface area (Å²) in [6.07, 6.45) is 4.26. The highest BCUT2D eigenvalue weighted by atomic mass is 79.9. The van der Waals surface area contributed by atoms with E-state index in [1.807, 2.05) is 30.3 Å². The zero-order chi connectivity index (χ0) is 17.1. The van der Waals surface area contributed by atoms with E-state index in [9.17, 15) is 0 Å². The molecule has 0 saturated heterocycles. The van der Waals surface area contributed by atoms with Crippen LogP contribution in [0, 0.1) is 0 Å². The Labute approximate surface area is 163 Å². The first-order chi connectivity index (χ1) is 12.3. The number of benzene rings is 1. The second kappa shape index (κ2) is 7.68. The van der Waals surface area contributed by atoms with Crippen molar-refractivity contribution < 1.29 is 4.74 Å². The van der Waals surface area contributed by atoms with E-state index in [1.165, 1.54) is 9.75 Å². The third kappa shape index (κ3) is 3.78. The Morgan fingerprint density at radius 3 is 2.48 bits per heavy atom. The minimum absolute atomic E-state index is 0.0122. The maximum Gasteiger partial charge on any atom is 0.217 e. The molecule has 2 aromatic heterocycles. The van der Waals surface area contributed by atoms with Crippen LogP contribution in [0.1, 0.15) is 21.4 Å². The van der Waals surface area contributed by atoms with E-state index >= 15 is 0 Å². The number of halogens is 1. The largest absolute Gasteiger partial charge is 0.467 e. The van der Waals surface area contributed by atoms with Crippen LogP contribution in [-0.4, -0.2) is 16.8 Å². The van der Waals surface area contributed by atoms with Gasteiger partial charge in [0.1, 0.15) is 6.10 Å². The normalized spacial score (nSPS) is 23.4. The molecule has 0 aliphatic carbocycles. The van der Waals surface area contributed by atoms with Crippen molar-refractivity contribution in [1.29, 1.82) is 0 Å². The second-order valence-electron chi connectivity index (χ2n) is 5.66. The van der Waals surface area contributed by atoms with Crippen LogP contribution < -0.4 is 0 Å². The first-order valence-corrected chi connectivity index (χ1v) is 10.7. The summed E-state index contributed by atoms with van der Waals surface area (Å²) in [7, 11) is 0. The van der Waals surface area contributed by atoms with Crippen molar-refractivity contribution in [2.75, 3.05) is 0 Å². The fourth-order valence-electron chi connectivity index (χ4n) is 2.72. The van der Waals surface area contributed by atoms with Crippen LogP contribution in [-0.2, 0) is 4.74 Å². The molecule has 5 heteroatoms. The lowest BCUT2D eigenvalue weighted by atomic mass is 10.0. The molecule has 3 heterocycles. The standard InChI is InChI=1S/C20H16BrNOS2/c21-18-16(11-10-15-8-4-12-24-15)22-20(14-6-2-1-3-7-14)23-19(18)17-9-5-13-25-17/h1-13,16,18-19H/b11-10+. The van der Waals surface area contributed by atoms with Crippen LogP contribution >= 0.6 is 38.6 Å². The van der Waals surface area contributed by atoms with Crippen LogP contribution in [0.25, 0.3) is 6.08 Å². The van der Waals surface area contributed by atoms with Crippen LogP contribution in [0.2, 0.25) is 0 Å². The zero-order valence-electron chi connectivity index (χ0n) is 13.3. The minimum atomic E-state index is -0.0503. The average Bonchev–Trinajstić information content (AvgIpc) is 3.35. The Morgan fingerprint density at radius 2 is 1.76 bits per heavy atom. The van der Waals surface area contributed by atoms with Crippen molar-refractivity contribution in [3.63, 3.8) is 0 Å². The zero-order valence-corrected chi connectivity index (χ0v) is 16.5. The first kappa shape index (κ1) is 16.8. The molecule has 1 aromatic carbocycles. The Kier molecular flexibility index (Phi) is 5.15. The second-order valence-corrected chi connectivity index (χ2v) is 8.68. The fourth-order valence-corrected chi connectivity index (χ4v) is 5.01. The smallest absolute Gasteiger partial charge is 0.217 e. The summed E-state index contributed by atoms with van der Waals surface area (Å²) in [5.41, 5.74) is 1.01. The Hall–Kier alpha value is -1.69. The molecule has 3 aromatic rings. The van der Waals surface area contributed by atoms with E-state index in [0.717, 1.165) is 5.56 Å². The maximum atomic E-state index is 6.28. The van der Waals surface area contributed by atoms with Gasteiger partial charge in [-0.25, -0.2) is 4.99 Å². The van der Waals surface area contributed by atoms with Crippen molar-refractivity contribution in [2.45, 2.75) is 17.0 Å². The van der Waals surface area contributed by atoms with Gasteiger partial charge in [-0.05, 0) is 41.1 Å². The third-order valence-corrected chi connectivity index (χ3v) is 6.76. The van der Waals surface area contributed by atoms with E-state index in [-0.39, 0.29) is 17.0 Å². The van der Waals surface area contributed by atoms with E-state index in [2.05, 4.69) is 63.1 Å². The molecule has 4 rings (SSSR count). The van der Waals surface area contributed by atoms with Crippen LogP contribution in [0.15, 0.2) is 76.4 Å². The highest BCUT2D eigenvalue weighted by molar-refractivity contribution is 9.09. The Bertz CT molecular complexity index is 857. The summed E-state index contributed by atoms with van der Waals surface area (Å²) in [4.78, 5) is 7.39. The van der Waals surface area contributed by atoms with Crippen molar-refractivity contribution >= 4 is 50.6 Å². The number of hydrogen-bond acceptors (Lipinski definition) is 4. The molecule has 3 atom stereocenters. The van der Waals surface area contributed by atoms with Gasteiger partial charge in [-0.2, -0.15) is 0 Å². The molecule has 126 valence electrons. The van der Waals surface area contributed by atoms with Gasteiger partial charge in [0, 0.05) is 15.3 Å². The number of hydrogen-bond donors (Lipinski definition) is 0. The van der Waals surface area contributed by atoms with Gasteiger partial charge >= 0.3 is 0 Å². The van der Waals surface area contributed by atoms with Crippen LogP contribution in [0.3, 0.4) is 0 Å². The van der Waals surface area contributed by atoms with Crippen molar-refractivity contribution in [3.8, 4) is 0 Å². The molecule has 0 fully saturated rings. The molecule has 0 radical (unpaired) electrons. The van der Waals surface area contributed by atoms with Crippen LogP contribution in [0.5, 0.6) is 0 Å². The van der Waals surface area contributed by atoms with E-state index in [1.54, 1.807) is 22.7 Å². The number of rotatable bonds is 4. The lowest BCUT2D eigenvalue weighted by molar-refractivity contribution is 0.173. The maximum absolute atomic E-state index is 6.28. The van der Waals surface area contributed by atoms with Crippen molar-refractivity contribution in [3.05, 3.63) is 86.8 Å². The molecular formula is C20H16BrNOS2. The highest BCUT2D eigenvalue weighted by Crippen LogP contribution is 2.37. The summed E-state index contributed by atoms with van der Waals surface area (Å²) in [6, 6.07) is 18.5. The molecule has 2 nitrogen and oxygen atoms in total. The summed E-state index contributed by atoms with van der Waals surface area (Å²) >= 11 is 7.28. The number of thiophene rings is 2. The van der Waals surface area contributed by atoms with Gasteiger partial charge in [-0.1, -0.05) is 52.3 Å². The van der Waals surface area contributed by atoms with Crippen molar-refractivity contribution in [1.82, 2.24) is 0 Å². The monoisotopic (exact) mass is 429 g/mol. The summed E-state index contributed by atoms with van der Waals surface area (Å²) in [5.74, 6) is 0.704. The summed E-state index contributed by atoms with van der Waals surface area (Å²) in [6.45, 7) is 0. The van der Waals surface area contributed by atoms with E-state index < -0.39 is 0 Å². The SMILES string of the molecule is BrC1C(/C=C/c2cccs2)N=C(c2ccccc2)OC1c1cccs1. The van der Waals surface area contributed by atoms with Crippen molar-refractivity contribution in [2.24, 2.45) is 4.99 Å². The predicted octanol–water partition coefficient (Wildman–Crippen LogP) is 6.17. The van der Waals surface area contributed by atoms with Gasteiger partial charge < -0.3 is 4.74 Å². The molecule has 25 heavy (non-hydrogen) atoms. The summed E-state index contributed by atoms with van der Waals surface area (Å²) < 4.78 is 6.28. The molecule has 0 amide bonds. The minimum Gasteiger partial charge on any atom is -0.467 e. The highest BCUT2D eigenvalue weighted by Gasteiger charge is 2.35. The molecule has 0 saturated carbocycles. The fraction of sp³-hybridized carbons (Fsp3) is 0.150. The number of aliphatic imine (C=N–C) groups is 1. The van der Waals surface area contributed by atoms with Gasteiger partial charge in [-0.15, -0.1) is 22.7 Å². The molecule has 0 spiro atoms. The van der Waals surface area contributed by atoms with E-state index in [0.29, 0.717) is 5.90 Å². The average molecular weight is 430 g/mol. The van der Waals surface area contributed by atoms with E-state index in [4.69, 9.17) is 9.73 Å². The lowest BCUT2D eigenvalue weighted by Gasteiger charge is -2.32. The molecule has 3 unspecified atom stereocenters. The van der Waals surface area contributed by atoms with Gasteiger partial charge in [0.2, 0.25) is 5.90 Å². The molecule has 0 bridgehead atoms. The third-order valence-electron chi connectivity index (χ3n) is 3.97. The Balaban J connectivity index is 1.69. The lowest BCUT2D eigenvalue weighted by Crippen LogP contribution is -2.34. The molecule has 0 N–H and O–H groups in total. The number of ether oxygens (including phenoxy) is 1. The van der Waals surface area contributed by atoms with Gasteiger partial charge in [-0.3, -0.25) is 0 Å². The van der Waals surface area contributed by atoms with Gasteiger partial charge in [0.25, 0.3) is 0 Å². The first-order valence-electron chi connectivity index (χ1n) is 8.00. The topological polar surface area (TPSA) is 21.6 Å². The Morgan fingerprint density at radius 1 is 0.960 bits per heavy atom. The number of alkyl halides is 1. The molecule has 1 aliphatic heterocycles. The quantitative estimate of drug-likeness (QED) is 0.454.